The van der Waals surface area contributed by atoms with Crippen molar-refractivity contribution >= 4 is 35.4 Å². The van der Waals surface area contributed by atoms with Gasteiger partial charge in [0.15, 0.2) is 0 Å². The Balaban J connectivity index is 1.16. The molecule has 0 radical (unpaired) electrons. The van der Waals surface area contributed by atoms with Crippen molar-refractivity contribution in [1.29, 1.82) is 0 Å². The van der Waals surface area contributed by atoms with Crippen LogP contribution in [0.2, 0.25) is 0 Å². The molecule has 2 atom stereocenters. The molecule has 1 saturated carbocycles. The second kappa shape index (κ2) is 8.85. The fourth-order valence-electron chi connectivity index (χ4n) is 7.22. The Bertz CT molecular complexity index is 1180. The molecule has 2 unspecified atom stereocenters. The number of carbonyl (C=O) groups excluding carboxylic acids is 4. The lowest BCUT2D eigenvalue weighted by molar-refractivity contribution is -0.173. The van der Waals surface area contributed by atoms with Crippen LogP contribution < -0.4 is 10.6 Å². The summed E-state index contributed by atoms with van der Waals surface area (Å²) in [5.41, 5.74) is 1.11. The van der Waals surface area contributed by atoms with E-state index in [0.717, 1.165) is 30.6 Å². The molecule has 5 rings (SSSR count). The minimum absolute atomic E-state index is 0.0506. The number of hydrogen-bond acceptors (Lipinski definition) is 6. The molecular weight excluding hydrogens is 476 g/mol. The number of likely N-dealkylation sites (tertiary alicyclic amines) is 1. The number of carboxylic acid groups (broad SMARTS) is 1. The number of carbonyl (C=O) groups is 5. The van der Waals surface area contributed by atoms with Crippen LogP contribution in [-0.4, -0.2) is 69.8 Å². The average Bonchev–Trinajstić information content (AvgIpc) is 3.01. The lowest BCUT2D eigenvalue weighted by Gasteiger charge is -2.67. The Morgan fingerprint density at radius 3 is 2.54 bits per heavy atom. The molecule has 4 aliphatic rings. The van der Waals surface area contributed by atoms with E-state index < -0.39 is 35.8 Å². The predicted octanol–water partition coefficient (Wildman–Crippen LogP) is 3.08. The quantitative estimate of drug-likeness (QED) is 0.395. The molecule has 3 heterocycles. The topological polar surface area (TPSA) is 136 Å². The van der Waals surface area contributed by atoms with Gasteiger partial charge in [-0.25, -0.2) is 4.79 Å². The van der Waals surface area contributed by atoms with Crippen LogP contribution in [0.3, 0.4) is 0 Å². The van der Waals surface area contributed by atoms with Gasteiger partial charge in [-0.05, 0) is 55.6 Å². The van der Waals surface area contributed by atoms with E-state index in [9.17, 15) is 29.1 Å². The van der Waals surface area contributed by atoms with Crippen LogP contribution in [0.25, 0.3) is 0 Å². The first-order valence-electron chi connectivity index (χ1n) is 13.0. The average molecular weight is 511 g/mol. The molecule has 3 aliphatic heterocycles. The molecule has 10 nitrogen and oxygen atoms in total. The number of anilines is 1. The smallest absolute Gasteiger partial charge is 0.407 e. The normalized spacial score (nSPS) is 29.1. The largest absolute Gasteiger partial charge is 0.465 e. The fourth-order valence-corrected chi connectivity index (χ4v) is 7.22. The number of piperidine rings is 1. The van der Waals surface area contributed by atoms with Gasteiger partial charge in [-0.3, -0.25) is 29.4 Å². The van der Waals surface area contributed by atoms with Gasteiger partial charge in [0, 0.05) is 36.7 Å². The molecular formula is C27H34N4O6. The summed E-state index contributed by atoms with van der Waals surface area (Å²) in [6.07, 6.45) is 3.33. The van der Waals surface area contributed by atoms with Gasteiger partial charge in [0.2, 0.25) is 11.8 Å². The van der Waals surface area contributed by atoms with Crippen molar-refractivity contribution in [3.8, 4) is 0 Å². The number of rotatable bonds is 6. The summed E-state index contributed by atoms with van der Waals surface area (Å²) >= 11 is 0. The van der Waals surface area contributed by atoms with Crippen molar-refractivity contribution in [3.05, 3.63) is 29.3 Å². The highest BCUT2D eigenvalue weighted by Crippen LogP contribution is 2.61. The lowest BCUT2D eigenvalue weighted by atomic mass is 9.48. The van der Waals surface area contributed by atoms with E-state index >= 15 is 0 Å². The van der Waals surface area contributed by atoms with Crippen LogP contribution in [0.4, 0.5) is 10.5 Å². The maximum atomic E-state index is 13.2. The van der Waals surface area contributed by atoms with E-state index in [-0.39, 0.29) is 40.8 Å². The van der Waals surface area contributed by atoms with Gasteiger partial charge in [-0.15, -0.1) is 0 Å². The molecule has 37 heavy (non-hydrogen) atoms. The van der Waals surface area contributed by atoms with Gasteiger partial charge in [-0.1, -0.05) is 26.8 Å². The van der Waals surface area contributed by atoms with Crippen LogP contribution in [0, 0.1) is 16.7 Å². The number of imide groups is 2. The van der Waals surface area contributed by atoms with E-state index in [4.69, 9.17) is 0 Å². The van der Waals surface area contributed by atoms with Crippen molar-refractivity contribution in [2.75, 3.05) is 18.4 Å². The van der Waals surface area contributed by atoms with Crippen LogP contribution in [0.5, 0.6) is 0 Å². The zero-order valence-corrected chi connectivity index (χ0v) is 21.5. The van der Waals surface area contributed by atoms with Crippen molar-refractivity contribution in [3.63, 3.8) is 0 Å². The molecule has 2 saturated heterocycles. The molecule has 1 aromatic carbocycles. The third kappa shape index (κ3) is 4.16. The molecule has 3 fully saturated rings. The van der Waals surface area contributed by atoms with Crippen LogP contribution in [0.15, 0.2) is 18.2 Å². The van der Waals surface area contributed by atoms with E-state index in [2.05, 4.69) is 31.4 Å². The molecule has 198 valence electrons. The number of fused-ring (bicyclic) bond motifs is 1. The summed E-state index contributed by atoms with van der Waals surface area (Å²) in [7, 11) is 0. The molecule has 0 bridgehead atoms. The summed E-state index contributed by atoms with van der Waals surface area (Å²) in [5, 5.41) is 15.0. The van der Waals surface area contributed by atoms with Crippen molar-refractivity contribution in [2.24, 2.45) is 16.7 Å². The zero-order valence-electron chi connectivity index (χ0n) is 21.5. The highest BCUT2D eigenvalue weighted by molar-refractivity contribution is 6.25. The molecule has 3 N–H and O–H groups in total. The van der Waals surface area contributed by atoms with Gasteiger partial charge < -0.3 is 15.3 Å². The van der Waals surface area contributed by atoms with Gasteiger partial charge in [0.05, 0.1) is 11.1 Å². The maximum Gasteiger partial charge on any atom is 0.407 e. The summed E-state index contributed by atoms with van der Waals surface area (Å²) in [5.74, 6) is -1.49. The minimum atomic E-state index is -0.982. The van der Waals surface area contributed by atoms with Gasteiger partial charge >= 0.3 is 6.09 Å². The molecule has 1 aromatic rings. The Labute approximate surface area is 215 Å². The highest BCUT2D eigenvalue weighted by atomic mass is 16.4. The third-order valence-corrected chi connectivity index (χ3v) is 8.41. The molecule has 0 aromatic heterocycles. The predicted molar refractivity (Wildman–Crippen MR) is 134 cm³/mol. The monoisotopic (exact) mass is 510 g/mol. The first-order chi connectivity index (χ1) is 17.4. The summed E-state index contributed by atoms with van der Waals surface area (Å²) < 4.78 is 0. The Hall–Kier alpha value is -3.43. The molecule has 10 heteroatoms. The minimum Gasteiger partial charge on any atom is -0.465 e. The van der Waals surface area contributed by atoms with Crippen LogP contribution in [-0.2, 0) is 9.59 Å². The standard InChI is InChI=1S/C27H34N4O6/c1-26(2,3)24-27(14-30(24)25(36)37)12-15(13-27)6-5-11-28-17-8-4-7-16-20(17)23(35)31(22(16)34)18-9-10-19(32)29-21(18)33/h4,7-8,15,18,24,28H,5-6,9-14H2,1-3H3,(H,36,37)(H,29,32,33). The second-order valence-electron chi connectivity index (χ2n) is 12.1. The van der Waals surface area contributed by atoms with Crippen molar-refractivity contribution in [2.45, 2.75) is 71.4 Å². The Morgan fingerprint density at radius 1 is 1.16 bits per heavy atom. The number of nitrogens with one attached hydrogen (secondary N) is 2. The first-order valence-corrected chi connectivity index (χ1v) is 13.0. The second-order valence-corrected chi connectivity index (χ2v) is 12.1. The fraction of sp³-hybridized carbons (Fsp3) is 0.593. The summed E-state index contributed by atoms with van der Waals surface area (Å²) in [6, 6.07) is 4.14. The van der Waals surface area contributed by atoms with E-state index in [1.54, 1.807) is 23.1 Å². The van der Waals surface area contributed by atoms with E-state index in [0.29, 0.717) is 24.7 Å². The van der Waals surface area contributed by atoms with Crippen LogP contribution in [0.1, 0.15) is 80.0 Å². The molecule has 1 aliphatic carbocycles. The Kier molecular flexibility index (Phi) is 6.03. The van der Waals surface area contributed by atoms with Crippen molar-refractivity contribution in [1.82, 2.24) is 15.1 Å². The number of hydrogen-bond donors (Lipinski definition) is 3. The Morgan fingerprint density at radius 2 is 1.89 bits per heavy atom. The molecule has 1 spiro atoms. The maximum absolute atomic E-state index is 13.2. The van der Waals surface area contributed by atoms with Gasteiger partial charge in [0.1, 0.15) is 6.04 Å². The van der Waals surface area contributed by atoms with Gasteiger partial charge in [-0.2, -0.15) is 0 Å². The van der Waals surface area contributed by atoms with Crippen molar-refractivity contribution < 1.29 is 29.1 Å². The zero-order chi connectivity index (χ0) is 26.7. The van der Waals surface area contributed by atoms with E-state index in [1.165, 1.54) is 0 Å². The first kappa shape index (κ1) is 25.2. The van der Waals surface area contributed by atoms with Gasteiger partial charge in [0.25, 0.3) is 11.8 Å². The number of nitrogens with zero attached hydrogens (tertiary/aromatic N) is 2. The number of amides is 5. The third-order valence-electron chi connectivity index (χ3n) is 8.41. The SMILES string of the molecule is CC(C)(C)C1N(C(=O)O)CC12CC(CCCNc1cccc3c1C(=O)N(C1CCC(=O)NC1=O)C3=O)C2. The summed E-state index contributed by atoms with van der Waals surface area (Å²) in [4.78, 5) is 64.1. The molecule has 5 amide bonds. The van der Waals surface area contributed by atoms with E-state index in [1.807, 2.05) is 0 Å². The van der Waals surface area contributed by atoms with Crippen LogP contribution >= 0.6 is 0 Å². The lowest BCUT2D eigenvalue weighted by Crippen LogP contribution is -2.74. The number of benzene rings is 1. The highest BCUT2D eigenvalue weighted by Gasteiger charge is 2.63. The summed E-state index contributed by atoms with van der Waals surface area (Å²) in [6.45, 7) is 7.57.